The Hall–Kier alpha value is -2.41. The highest BCUT2D eigenvalue weighted by Crippen LogP contribution is 2.31. The molecule has 3 N–H and O–H groups in total. The summed E-state index contributed by atoms with van der Waals surface area (Å²) in [4.78, 5) is 11.0. The van der Waals surface area contributed by atoms with Gasteiger partial charge < -0.3 is 5.73 Å². The van der Waals surface area contributed by atoms with Crippen LogP contribution in [0.5, 0.6) is 0 Å². The summed E-state index contributed by atoms with van der Waals surface area (Å²) in [6, 6.07) is 10.5. The third-order valence-corrected chi connectivity index (χ3v) is 3.86. The van der Waals surface area contributed by atoms with Gasteiger partial charge in [0.2, 0.25) is 0 Å². The molecule has 0 spiro atoms. The Morgan fingerprint density at radius 3 is 2.71 bits per heavy atom. The van der Waals surface area contributed by atoms with E-state index in [4.69, 9.17) is 11.1 Å². The molecule has 7 heteroatoms. The van der Waals surface area contributed by atoms with E-state index in [2.05, 4.69) is 0 Å². The number of nitrogens with two attached hydrogens (primary N) is 1. The second-order valence-corrected chi connectivity index (χ2v) is 5.29. The predicted octanol–water partition coefficient (Wildman–Crippen LogP) is 3.31. The fourth-order valence-electron chi connectivity index (χ4n) is 1.78. The second-order valence-electron chi connectivity index (χ2n) is 4.28. The molecule has 5 nitrogen and oxygen atoms in total. The van der Waals surface area contributed by atoms with Crippen LogP contribution in [-0.4, -0.2) is 10.8 Å². The topological polar surface area (TPSA) is 93.0 Å². The van der Waals surface area contributed by atoms with Gasteiger partial charge >= 0.3 is 0 Å². The van der Waals surface area contributed by atoms with Crippen LogP contribution in [-0.2, 0) is 5.75 Å². The average molecular weight is 305 g/mol. The maximum atomic E-state index is 13.5. The first-order valence-corrected chi connectivity index (χ1v) is 6.96. The van der Waals surface area contributed by atoms with Crippen LogP contribution in [0.15, 0.2) is 47.4 Å². The number of thioether (sulfide) groups is 1. The van der Waals surface area contributed by atoms with E-state index >= 15 is 0 Å². The lowest BCUT2D eigenvalue weighted by molar-refractivity contribution is -0.387. The predicted molar refractivity (Wildman–Crippen MR) is 80.1 cm³/mol. The first-order chi connectivity index (χ1) is 9.97. The molecule has 0 bridgehead atoms. The van der Waals surface area contributed by atoms with Crippen LogP contribution < -0.4 is 5.73 Å². The lowest BCUT2D eigenvalue weighted by atomic mass is 10.1. The fraction of sp³-hybridized carbons (Fsp3) is 0.0714. The molecule has 0 aliphatic carbocycles. The molecule has 2 rings (SSSR count). The molecule has 108 valence electrons. The van der Waals surface area contributed by atoms with E-state index in [9.17, 15) is 14.5 Å². The monoisotopic (exact) mass is 305 g/mol. The van der Waals surface area contributed by atoms with Crippen molar-refractivity contribution in [1.82, 2.24) is 0 Å². The Balaban J connectivity index is 2.21. The number of hydrogen-bond acceptors (Lipinski definition) is 4. The van der Waals surface area contributed by atoms with Gasteiger partial charge in [0, 0.05) is 17.4 Å². The summed E-state index contributed by atoms with van der Waals surface area (Å²) in [7, 11) is 0. The molecule has 0 unspecified atom stereocenters. The van der Waals surface area contributed by atoms with Crippen LogP contribution in [0.4, 0.5) is 10.1 Å². The molecule has 0 saturated heterocycles. The van der Waals surface area contributed by atoms with E-state index in [1.54, 1.807) is 24.3 Å². The molecule has 0 heterocycles. The summed E-state index contributed by atoms with van der Waals surface area (Å²) in [5, 5.41) is 18.2. The van der Waals surface area contributed by atoms with Crippen LogP contribution >= 0.6 is 11.8 Å². The Bertz CT molecular complexity index is 706. The van der Waals surface area contributed by atoms with Gasteiger partial charge in [-0.15, -0.1) is 11.8 Å². The number of nitro benzene ring substituents is 1. The van der Waals surface area contributed by atoms with Gasteiger partial charge in [-0.3, -0.25) is 15.5 Å². The number of nitro groups is 1. The molecular weight excluding hydrogens is 293 g/mol. The van der Waals surface area contributed by atoms with Gasteiger partial charge in [-0.25, -0.2) is 4.39 Å². The van der Waals surface area contributed by atoms with Crippen LogP contribution in [0.2, 0.25) is 0 Å². The zero-order chi connectivity index (χ0) is 15.4. The zero-order valence-electron chi connectivity index (χ0n) is 10.9. The lowest BCUT2D eigenvalue weighted by Gasteiger charge is -2.06. The van der Waals surface area contributed by atoms with Crippen molar-refractivity contribution in [2.24, 2.45) is 5.73 Å². The maximum absolute atomic E-state index is 13.5. The minimum absolute atomic E-state index is 0.0192. The molecule has 0 radical (unpaired) electrons. The molecular formula is C14H12FN3O2S. The third-order valence-electron chi connectivity index (χ3n) is 2.72. The van der Waals surface area contributed by atoms with Crippen molar-refractivity contribution in [1.29, 1.82) is 5.41 Å². The number of nitrogens with zero attached hydrogens (tertiary/aromatic N) is 1. The van der Waals surface area contributed by atoms with E-state index in [0.29, 0.717) is 21.8 Å². The number of nitrogens with one attached hydrogen (secondary N) is 1. The van der Waals surface area contributed by atoms with Crippen LogP contribution in [0.1, 0.15) is 11.1 Å². The van der Waals surface area contributed by atoms with E-state index in [0.717, 1.165) is 0 Å². The maximum Gasteiger partial charge on any atom is 0.282 e. The Morgan fingerprint density at radius 2 is 2.05 bits per heavy atom. The molecule has 0 aliphatic rings. The summed E-state index contributed by atoms with van der Waals surface area (Å²) in [5.41, 5.74) is 6.28. The minimum atomic E-state index is -0.485. The summed E-state index contributed by atoms with van der Waals surface area (Å²) in [6.07, 6.45) is 0. The van der Waals surface area contributed by atoms with Crippen molar-refractivity contribution in [2.45, 2.75) is 10.6 Å². The first kappa shape index (κ1) is 15.0. The molecule has 21 heavy (non-hydrogen) atoms. The number of halogens is 1. The third kappa shape index (κ3) is 3.79. The molecule has 0 aliphatic heterocycles. The van der Waals surface area contributed by atoms with Crippen molar-refractivity contribution in [3.05, 3.63) is 69.5 Å². The Labute approximate surface area is 124 Å². The van der Waals surface area contributed by atoms with Gasteiger partial charge in [0.05, 0.1) is 9.82 Å². The van der Waals surface area contributed by atoms with Crippen molar-refractivity contribution in [2.75, 3.05) is 0 Å². The largest absolute Gasteiger partial charge is 0.384 e. The van der Waals surface area contributed by atoms with Crippen LogP contribution in [0.3, 0.4) is 0 Å². The molecule has 0 saturated carbocycles. The number of nitrogen functional groups attached to an aromatic ring is 1. The summed E-state index contributed by atoms with van der Waals surface area (Å²) < 4.78 is 13.5. The highest BCUT2D eigenvalue weighted by molar-refractivity contribution is 7.98. The van der Waals surface area contributed by atoms with Gasteiger partial charge in [0.25, 0.3) is 5.69 Å². The summed E-state index contributed by atoms with van der Waals surface area (Å²) >= 11 is 1.24. The zero-order valence-corrected chi connectivity index (χ0v) is 11.7. The van der Waals surface area contributed by atoms with E-state index in [1.165, 1.54) is 30.0 Å². The lowest BCUT2D eigenvalue weighted by Crippen LogP contribution is -2.11. The number of benzene rings is 2. The molecule has 0 amide bonds. The average Bonchev–Trinajstić information content (AvgIpc) is 2.44. The van der Waals surface area contributed by atoms with Crippen molar-refractivity contribution in [3.63, 3.8) is 0 Å². The van der Waals surface area contributed by atoms with Gasteiger partial charge in [-0.1, -0.05) is 12.1 Å². The highest BCUT2D eigenvalue weighted by Gasteiger charge is 2.13. The number of amidine groups is 1. The summed E-state index contributed by atoms with van der Waals surface area (Å²) in [6.45, 7) is 0. The van der Waals surface area contributed by atoms with Crippen molar-refractivity contribution in [3.8, 4) is 0 Å². The van der Waals surface area contributed by atoms with Gasteiger partial charge in [0.1, 0.15) is 11.7 Å². The fourth-order valence-corrected chi connectivity index (χ4v) is 2.73. The van der Waals surface area contributed by atoms with Crippen LogP contribution in [0.25, 0.3) is 0 Å². The van der Waals surface area contributed by atoms with E-state index < -0.39 is 10.7 Å². The molecule has 2 aromatic carbocycles. The van der Waals surface area contributed by atoms with Crippen molar-refractivity contribution < 1.29 is 9.31 Å². The summed E-state index contributed by atoms with van der Waals surface area (Å²) in [5.74, 6) is -0.351. The van der Waals surface area contributed by atoms with Gasteiger partial charge in [-0.2, -0.15) is 0 Å². The Morgan fingerprint density at radius 1 is 1.33 bits per heavy atom. The molecule has 2 aromatic rings. The standard InChI is InChI=1S/C14H12FN3O2S/c15-11-6-9(5-10(7-11)14(16)17)8-21-13-4-2-1-3-12(13)18(19)20/h1-7H,8H2,(H3,16,17). The molecule has 0 fully saturated rings. The second kappa shape index (κ2) is 6.36. The molecule has 0 aromatic heterocycles. The first-order valence-electron chi connectivity index (χ1n) is 5.97. The molecule has 0 atom stereocenters. The number of hydrogen-bond donors (Lipinski definition) is 2. The Kier molecular flexibility index (Phi) is 4.54. The van der Waals surface area contributed by atoms with E-state index in [-0.39, 0.29) is 11.5 Å². The smallest absolute Gasteiger partial charge is 0.282 e. The highest BCUT2D eigenvalue weighted by atomic mass is 32.2. The number of para-hydroxylation sites is 1. The quantitative estimate of drug-likeness (QED) is 0.291. The minimum Gasteiger partial charge on any atom is -0.384 e. The number of rotatable bonds is 5. The van der Waals surface area contributed by atoms with Crippen LogP contribution in [0, 0.1) is 21.3 Å². The van der Waals surface area contributed by atoms with Gasteiger partial charge in [-0.05, 0) is 29.8 Å². The SMILES string of the molecule is N=C(N)c1cc(F)cc(CSc2ccccc2[N+](=O)[O-])c1. The normalized spacial score (nSPS) is 10.3. The van der Waals surface area contributed by atoms with Gasteiger partial charge in [0.15, 0.2) is 0 Å². The van der Waals surface area contributed by atoms with E-state index in [1.807, 2.05) is 0 Å². The van der Waals surface area contributed by atoms with Crippen molar-refractivity contribution >= 4 is 23.3 Å².